The number of anilines is 1. The molecule has 1 amide bonds. The van der Waals surface area contributed by atoms with Gasteiger partial charge in [0.1, 0.15) is 19.0 Å². The standard InChI is InChI=1S/C21H26N2O6S/c1-15-6-8-17(18(24)13-15)23-21(25)5-3-2-4-10-22-30(26,27)16-7-9-19-20(14-16)29-12-11-28-19/h6-9,13-14,22,24H,2-5,10-12H2,1H3,(H,23,25). The lowest BCUT2D eigenvalue weighted by Gasteiger charge is -2.18. The first-order valence-corrected chi connectivity index (χ1v) is 11.3. The highest BCUT2D eigenvalue weighted by Gasteiger charge is 2.19. The Bertz CT molecular complexity index is 1010. The molecule has 1 aliphatic rings. The average molecular weight is 435 g/mol. The molecule has 3 N–H and O–H groups in total. The van der Waals surface area contributed by atoms with Gasteiger partial charge in [-0.3, -0.25) is 4.79 Å². The van der Waals surface area contributed by atoms with Gasteiger partial charge < -0.3 is 19.9 Å². The van der Waals surface area contributed by atoms with Crippen LogP contribution in [0, 0.1) is 6.92 Å². The van der Waals surface area contributed by atoms with Crippen LogP contribution in [0.5, 0.6) is 17.2 Å². The van der Waals surface area contributed by atoms with Gasteiger partial charge in [0.05, 0.1) is 10.6 Å². The van der Waals surface area contributed by atoms with Crippen molar-refractivity contribution in [3.05, 3.63) is 42.0 Å². The lowest BCUT2D eigenvalue weighted by atomic mass is 10.1. The number of unbranched alkanes of at least 4 members (excludes halogenated alkanes) is 2. The minimum Gasteiger partial charge on any atom is -0.506 e. The van der Waals surface area contributed by atoms with Gasteiger partial charge >= 0.3 is 0 Å². The molecular formula is C21H26N2O6S. The molecule has 162 valence electrons. The van der Waals surface area contributed by atoms with Crippen molar-refractivity contribution in [1.29, 1.82) is 0 Å². The van der Waals surface area contributed by atoms with Crippen molar-refractivity contribution in [3.63, 3.8) is 0 Å². The van der Waals surface area contributed by atoms with E-state index in [9.17, 15) is 18.3 Å². The number of carbonyl (C=O) groups excluding carboxylic acids is 1. The van der Waals surface area contributed by atoms with E-state index in [1.165, 1.54) is 12.1 Å². The van der Waals surface area contributed by atoms with Crippen molar-refractivity contribution in [1.82, 2.24) is 4.72 Å². The van der Waals surface area contributed by atoms with Crippen LogP contribution in [0.3, 0.4) is 0 Å². The molecule has 2 aromatic rings. The fraction of sp³-hybridized carbons (Fsp3) is 0.381. The molecule has 8 nitrogen and oxygen atoms in total. The molecule has 0 spiro atoms. The minimum atomic E-state index is -3.64. The van der Waals surface area contributed by atoms with Gasteiger partial charge in [-0.2, -0.15) is 0 Å². The molecule has 0 bridgehead atoms. The third-order valence-electron chi connectivity index (χ3n) is 4.62. The SMILES string of the molecule is Cc1ccc(NC(=O)CCCCCNS(=O)(=O)c2ccc3c(c2)OCCO3)c(O)c1. The molecule has 0 aromatic heterocycles. The number of rotatable bonds is 9. The highest BCUT2D eigenvalue weighted by atomic mass is 32.2. The summed E-state index contributed by atoms with van der Waals surface area (Å²) < 4.78 is 38.2. The van der Waals surface area contributed by atoms with Gasteiger partial charge in [0, 0.05) is 19.0 Å². The summed E-state index contributed by atoms with van der Waals surface area (Å²) in [5, 5.41) is 12.5. The number of phenols is 1. The molecular weight excluding hydrogens is 408 g/mol. The molecule has 30 heavy (non-hydrogen) atoms. The lowest BCUT2D eigenvalue weighted by Crippen LogP contribution is -2.25. The number of hydrogen-bond acceptors (Lipinski definition) is 6. The smallest absolute Gasteiger partial charge is 0.240 e. The highest BCUT2D eigenvalue weighted by molar-refractivity contribution is 7.89. The van der Waals surface area contributed by atoms with E-state index >= 15 is 0 Å². The van der Waals surface area contributed by atoms with Crippen molar-refractivity contribution in [2.45, 2.75) is 37.5 Å². The molecule has 0 saturated heterocycles. The van der Waals surface area contributed by atoms with Crippen LogP contribution in [0.25, 0.3) is 0 Å². The van der Waals surface area contributed by atoms with Crippen molar-refractivity contribution in [2.75, 3.05) is 25.1 Å². The Morgan fingerprint density at radius 1 is 1.03 bits per heavy atom. The maximum Gasteiger partial charge on any atom is 0.240 e. The normalized spacial score (nSPS) is 13.1. The Labute approximate surface area is 176 Å². The number of benzene rings is 2. The second-order valence-corrected chi connectivity index (χ2v) is 8.85. The number of ether oxygens (including phenoxy) is 2. The first-order valence-electron chi connectivity index (χ1n) is 9.84. The second-order valence-electron chi connectivity index (χ2n) is 7.08. The van der Waals surface area contributed by atoms with E-state index in [0.717, 1.165) is 5.56 Å². The van der Waals surface area contributed by atoms with Gasteiger partial charge in [-0.1, -0.05) is 12.5 Å². The van der Waals surface area contributed by atoms with Crippen LogP contribution in [0.15, 0.2) is 41.3 Å². The summed E-state index contributed by atoms with van der Waals surface area (Å²) in [5.41, 5.74) is 1.29. The van der Waals surface area contributed by atoms with E-state index < -0.39 is 10.0 Å². The van der Waals surface area contributed by atoms with Crippen LogP contribution in [0.1, 0.15) is 31.2 Å². The van der Waals surface area contributed by atoms with Gasteiger partial charge in [0.2, 0.25) is 15.9 Å². The van der Waals surface area contributed by atoms with Gasteiger partial charge in [-0.25, -0.2) is 13.1 Å². The summed E-state index contributed by atoms with van der Waals surface area (Å²) in [5.74, 6) is 0.815. The van der Waals surface area contributed by atoms with E-state index in [0.29, 0.717) is 56.1 Å². The predicted octanol–water partition coefficient (Wildman–Crippen LogP) is 2.95. The van der Waals surface area contributed by atoms with Gasteiger partial charge in [0.15, 0.2) is 11.5 Å². The van der Waals surface area contributed by atoms with E-state index in [-0.39, 0.29) is 23.1 Å². The Hall–Kier alpha value is -2.78. The number of sulfonamides is 1. The summed E-state index contributed by atoms with van der Waals surface area (Å²) in [4.78, 5) is 12.1. The fourth-order valence-corrected chi connectivity index (χ4v) is 4.12. The molecule has 0 saturated carbocycles. The van der Waals surface area contributed by atoms with Crippen molar-refractivity contribution in [3.8, 4) is 17.2 Å². The van der Waals surface area contributed by atoms with Crippen LogP contribution in [-0.2, 0) is 14.8 Å². The molecule has 3 rings (SSSR count). The largest absolute Gasteiger partial charge is 0.506 e. The molecule has 9 heteroatoms. The van der Waals surface area contributed by atoms with E-state index in [4.69, 9.17) is 9.47 Å². The number of aromatic hydroxyl groups is 1. The van der Waals surface area contributed by atoms with Crippen molar-refractivity contribution < 1.29 is 27.8 Å². The van der Waals surface area contributed by atoms with Gasteiger partial charge in [0.25, 0.3) is 0 Å². The van der Waals surface area contributed by atoms with Gasteiger partial charge in [-0.05, 0) is 49.6 Å². The summed E-state index contributed by atoms with van der Waals surface area (Å²) in [6, 6.07) is 9.59. The topological polar surface area (TPSA) is 114 Å². The molecule has 0 radical (unpaired) electrons. The van der Waals surface area contributed by atoms with Crippen LogP contribution >= 0.6 is 0 Å². The lowest BCUT2D eigenvalue weighted by molar-refractivity contribution is -0.116. The molecule has 2 aromatic carbocycles. The number of amides is 1. The van der Waals surface area contributed by atoms with E-state index in [1.54, 1.807) is 18.2 Å². The zero-order valence-corrected chi connectivity index (χ0v) is 17.6. The molecule has 0 fully saturated rings. The average Bonchev–Trinajstić information content (AvgIpc) is 2.72. The molecule has 1 heterocycles. The zero-order chi connectivity index (χ0) is 21.6. The molecule has 0 aliphatic carbocycles. The van der Waals surface area contributed by atoms with Crippen LogP contribution in [0.4, 0.5) is 5.69 Å². The highest BCUT2D eigenvalue weighted by Crippen LogP contribution is 2.32. The summed E-state index contributed by atoms with van der Waals surface area (Å²) in [6.45, 7) is 2.97. The maximum atomic E-state index is 12.4. The quantitative estimate of drug-likeness (QED) is 0.413. The number of carbonyl (C=O) groups is 1. The monoisotopic (exact) mass is 434 g/mol. The van der Waals surface area contributed by atoms with Crippen LogP contribution in [-0.4, -0.2) is 39.2 Å². The first-order chi connectivity index (χ1) is 14.3. The minimum absolute atomic E-state index is 0.0388. The number of phenolic OH excluding ortho intramolecular Hbond substituents is 1. The van der Waals surface area contributed by atoms with Crippen LogP contribution < -0.4 is 19.5 Å². The Balaban J connectivity index is 1.38. The first kappa shape index (κ1) is 21.9. The third-order valence-corrected chi connectivity index (χ3v) is 6.08. The zero-order valence-electron chi connectivity index (χ0n) is 16.8. The summed E-state index contributed by atoms with van der Waals surface area (Å²) >= 11 is 0. The Morgan fingerprint density at radius 3 is 2.57 bits per heavy atom. The Morgan fingerprint density at radius 2 is 1.80 bits per heavy atom. The van der Waals surface area contributed by atoms with E-state index in [1.807, 2.05) is 13.0 Å². The van der Waals surface area contributed by atoms with Crippen LogP contribution in [0.2, 0.25) is 0 Å². The number of hydrogen-bond donors (Lipinski definition) is 3. The predicted molar refractivity (Wildman–Crippen MR) is 113 cm³/mol. The second kappa shape index (κ2) is 9.82. The van der Waals surface area contributed by atoms with Crippen molar-refractivity contribution >= 4 is 21.6 Å². The number of fused-ring (bicyclic) bond motifs is 1. The fourth-order valence-electron chi connectivity index (χ4n) is 3.03. The Kier molecular flexibility index (Phi) is 7.17. The third kappa shape index (κ3) is 5.87. The van der Waals surface area contributed by atoms with E-state index in [2.05, 4.69) is 10.0 Å². The number of nitrogens with one attached hydrogen (secondary N) is 2. The summed E-state index contributed by atoms with van der Waals surface area (Å²) in [6.07, 6.45) is 2.20. The number of aryl methyl sites for hydroxylation is 1. The maximum absolute atomic E-state index is 12.4. The summed E-state index contributed by atoms with van der Waals surface area (Å²) in [7, 11) is -3.64. The van der Waals surface area contributed by atoms with Crippen molar-refractivity contribution in [2.24, 2.45) is 0 Å². The molecule has 0 atom stereocenters. The molecule has 1 aliphatic heterocycles. The molecule has 0 unspecified atom stereocenters. The van der Waals surface area contributed by atoms with Gasteiger partial charge in [-0.15, -0.1) is 0 Å².